The van der Waals surface area contributed by atoms with Gasteiger partial charge in [-0.1, -0.05) is 30.3 Å². The highest BCUT2D eigenvalue weighted by Gasteiger charge is 2.45. The van der Waals surface area contributed by atoms with Gasteiger partial charge in [-0.2, -0.15) is 17.0 Å². The molecule has 0 saturated carbocycles. The molecule has 3 rings (SSSR count). The van der Waals surface area contributed by atoms with Crippen molar-refractivity contribution in [3.63, 3.8) is 0 Å². The summed E-state index contributed by atoms with van der Waals surface area (Å²) in [7, 11) is -0.140. The molecule has 6 heteroatoms. The van der Waals surface area contributed by atoms with E-state index in [1.165, 1.54) is 9.87 Å². The minimum atomic E-state index is -3.30. The van der Waals surface area contributed by atoms with E-state index in [0.717, 1.165) is 25.9 Å². The Morgan fingerprint density at radius 3 is 2.41 bits per heavy atom. The summed E-state index contributed by atoms with van der Waals surface area (Å²) in [6, 6.07) is 10.5. The van der Waals surface area contributed by atoms with E-state index in [9.17, 15) is 8.42 Å². The third kappa shape index (κ3) is 2.93. The molecule has 0 amide bonds. The minimum absolute atomic E-state index is 0.140. The fraction of sp³-hybridized carbons (Fsp3) is 0.625. The molecule has 0 bridgehead atoms. The molecule has 0 aliphatic carbocycles. The second-order valence-electron chi connectivity index (χ2n) is 6.49. The quantitative estimate of drug-likeness (QED) is 0.852. The van der Waals surface area contributed by atoms with Gasteiger partial charge >= 0.3 is 0 Å². The number of hydrogen-bond donors (Lipinski definition) is 0. The predicted octanol–water partition coefficient (Wildman–Crippen LogP) is 1.83. The number of piperidine rings is 1. The van der Waals surface area contributed by atoms with E-state index in [1.807, 2.05) is 6.07 Å². The largest absolute Gasteiger partial charge is 0.374 e. The van der Waals surface area contributed by atoms with Crippen LogP contribution in [0.3, 0.4) is 0 Å². The summed E-state index contributed by atoms with van der Waals surface area (Å²) in [5, 5.41) is 0. The Morgan fingerprint density at radius 1 is 1.18 bits per heavy atom. The number of benzene rings is 1. The van der Waals surface area contributed by atoms with Gasteiger partial charge in [0.1, 0.15) is 0 Å². The van der Waals surface area contributed by atoms with E-state index in [-0.39, 0.29) is 5.60 Å². The van der Waals surface area contributed by atoms with Crippen molar-refractivity contribution < 1.29 is 13.2 Å². The second kappa shape index (κ2) is 5.92. The molecule has 0 unspecified atom stereocenters. The molecule has 0 radical (unpaired) electrons. The first-order valence-corrected chi connectivity index (χ1v) is 9.19. The minimum Gasteiger partial charge on any atom is -0.374 e. The molecule has 0 N–H and O–H groups in total. The maximum atomic E-state index is 12.2. The Morgan fingerprint density at radius 2 is 1.82 bits per heavy atom. The lowest BCUT2D eigenvalue weighted by Crippen LogP contribution is -2.49. The highest BCUT2D eigenvalue weighted by atomic mass is 32.2. The maximum Gasteiger partial charge on any atom is 0.281 e. The highest BCUT2D eigenvalue weighted by molar-refractivity contribution is 7.86. The molecule has 0 aromatic heterocycles. The normalized spacial score (nSPS) is 25.9. The third-order valence-electron chi connectivity index (χ3n) is 4.90. The molecular weight excluding hydrogens is 300 g/mol. The number of nitrogens with zero attached hydrogens (tertiary/aromatic N) is 2. The molecule has 2 fully saturated rings. The van der Waals surface area contributed by atoms with Crippen molar-refractivity contribution in [3.05, 3.63) is 35.9 Å². The van der Waals surface area contributed by atoms with Gasteiger partial charge in [0.2, 0.25) is 0 Å². The second-order valence-corrected chi connectivity index (χ2v) is 8.64. The van der Waals surface area contributed by atoms with Crippen molar-refractivity contribution in [1.29, 1.82) is 0 Å². The molecule has 1 spiro atoms. The SMILES string of the molecule is CN(C)S(=O)(=O)N1CCC2(CC1)C[C@H](c1ccccc1)CO2. The predicted molar refractivity (Wildman–Crippen MR) is 85.9 cm³/mol. The van der Waals surface area contributed by atoms with Gasteiger partial charge in [0.05, 0.1) is 12.2 Å². The Bertz CT molecular complexity index is 608. The van der Waals surface area contributed by atoms with E-state index in [2.05, 4.69) is 24.3 Å². The molecular formula is C16H24N2O3S. The van der Waals surface area contributed by atoms with Crippen LogP contribution in [0.5, 0.6) is 0 Å². The van der Waals surface area contributed by atoms with Crippen LogP contribution in [0.4, 0.5) is 0 Å². The van der Waals surface area contributed by atoms with Crippen molar-refractivity contribution in [2.75, 3.05) is 33.8 Å². The van der Waals surface area contributed by atoms with Crippen LogP contribution in [0.25, 0.3) is 0 Å². The van der Waals surface area contributed by atoms with Crippen molar-refractivity contribution >= 4 is 10.2 Å². The van der Waals surface area contributed by atoms with E-state index in [4.69, 9.17) is 4.74 Å². The molecule has 2 aliphatic heterocycles. The van der Waals surface area contributed by atoms with Gasteiger partial charge in [-0.3, -0.25) is 0 Å². The van der Waals surface area contributed by atoms with Gasteiger partial charge in [-0.05, 0) is 24.8 Å². The zero-order valence-electron chi connectivity index (χ0n) is 13.2. The highest BCUT2D eigenvalue weighted by Crippen LogP contribution is 2.43. The molecule has 1 aromatic rings. The van der Waals surface area contributed by atoms with Gasteiger partial charge in [-0.15, -0.1) is 0 Å². The van der Waals surface area contributed by atoms with Crippen LogP contribution < -0.4 is 0 Å². The Kier molecular flexibility index (Phi) is 4.29. The monoisotopic (exact) mass is 324 g/mol. The standard InChI is InChI=1S/C16H24N2O3S/c1-17(2)22(19,20)18-10-8-16(9-11-18)12-15(13-21-16)14-6-4-3-5-7-14/h3-7,15H,8-13H2,1-2H3/t15-/m0/s1. The summed E-state index contributed by atoms with van der Waals surface area (Å²) in [5.41, 5.74) is 1.18. The summed E-state index contributed by atoms with van der Waals surface area (Å²) < 4.78 is 33.4. The number of rotatable bonds is 3. The first-order valence-electron chi connectivity index (χ1n) is 7.79. The Hall–Kier alpha value is -0.950. The molecule has 2 aliphatic rings. The molecule has 1 atom stereocenters. The smallest absolute Gasteiger partial charge is 0.281 e. The number of hydrogen-bond acceptors (Lipinski definition) is 3. The van der Waals surface area contributed by atoms with Crippen molar-refractivity contribution in [2.45, 2.75) is 30.8 Å². The van der Waals surface area contributed by atoms with Crippen LogP contribution in [-0.2, 0) is 14.9 Å². The van der Waals surface area contributed by atoms with Crippen LogP contribution in [0.1, 0.15) is 30.7 Å². The van der Waals surface area contributed by atoms with Crippen molar-refractivity contribution in [3.8, 4) is 0 Å². The fourth-order valence-corrected chi connectivity index (χ4v) is 4.59. The average molecular weight is 324 g/mol. The topological polar surface area (TPSA) is 49.9 Å². The number of ether oxygens (including phenoxy) is 1. The summed E-state index contributed by atoms with van der Waals surface area (Å²) in [6.45, 7) is 1.83. The van der Waals surface area contributed by atoms with Crippen molar-refractivity contribution in [2.24, 2.45) is 0 Å². The van der Waals surface area contributed by atoms with Crippen LogP contribution in [0.2, 0.25) is 0 Å². The molecule has 5 nitrogen and oxygen atoms in total. The van der Waals surface area contributed by atoms with Crippen molar-refractivity contribution in [1.82, 2.24) is 8.61 Å². The summed E-state index contributed by atoms with van der Waals surface area (Å²) in [6.07, 6.45) is 2.56. The van der Waals surface area contributed by atoms with E-state index in [1.54, 1.807) is 18.4 Å². The Labute approximate surface area is 133 Å². The summed E-state index contributed by atoms with van der Waals surface area (Å²) in [4.78, 5) is 0. The van der Waals surface area contributed by atoms with Crippen LogP contribution in [0.15, 0.2) is 30.3 Å². The lowest BCUT2D eigenvalue weighted by molar-refractivity contribution is -0.0315. The zero-order chi connectivity index (χ0) is 15.8. The average Bonchev–Trinajstić information content (AvgIpc) is 2.92. The van der Waals surface area contributed by atoms with Crippen LogP contribution in [0, 0.1) is 0 Å². The molecule has 2 saturated heterocycles. The van der Waals surface area contributed by atoms with E-state index >= 15 is 0 Å². The molecule has 122 valence electrons. The molecule has 1 aromatic carbocycles. The third-order valence-corrected chi connectivity index (χ3v) is 6.84. The maximum absolute atomic E-state index is 12.2. The van der Waals surface area contributed by atoms with Gasteiger partial charge in [-0.25, -0.2) is 0 Å². The summed E-state index contributed by atoms with van der Waals surface area (Å²) in [5.74, 6) is 0.429. The summed E-state index contributed by atoms with van der Waals surface area (Å²) >= 11 is 0. The van der Waals surface area contributed by atoms with Gasteiger partial charge in [0.15, 0.2) is 0 Å². The molecule has 22 heavy (non-hydrogen) atoms. The first kappa shape index (κ1) is 15.9. The molecule has 2 heterocycles. The fourth-order valence-electron chi connectivity index (χ4n) is 3.49. The van der Waals surface area contributed by atoms with E-state index < -0.39 is 10.2 Å². The van der Waals surface area contributed by atoms with Crippen LogP contribution in [-0.4, -0.2) is 56.4 Å². The lowest BCUT2D eigenvalue weighted by atomic mass is 9.84. The van der Waals surface area contributed by atoms with E-state index in [0.29, 0.717) is 19.0 Å². The van der Waals surface area contributed by atoms with Gasteiger partial charge < -0.3 is 4.74 Å². The first-order chi connectivity index (χ1) is 10.4. The van der Waals surface area contributed by atoms with Gasteiger partial charge in [0.25, 0.3) is 10.2 Å². The zero-order valence-corrected chi connectivity index (χ0v) is 14.1. The lowest BCUT2D eigenvalue weighted by Gasteiger charge is -2.38. The van der Waals surface area contributed by atoms with Crippen LogP contribution >= 0.6 is 0 Å². The Balaban J connectivity index is 1.65. The van der Waals surface area contributed by atoms with Gasteiger partial charge in [0, 0.05) is 33.1 Å².